The van der Waals surface area contributed by atoms with Gasteiger partial charge in [-0.25, -0.2) is 0 Å². The maximum absolute atomic E-state index is 11.9. The zero-order chi connectivity index (χ0) is 16.8. The lowest BCUT2D eigenvalue weighted by molar-refractivity contribution is -0.134. The van der Waals surface area contributed by atoms with E-state index in [1.807, 2.05) is 0 Å². The number of fused-ring (bicyclic) bond motifs is 8. The maximum Gasteiger partial charge on any atom is 0.137 e. The summed E-state index contributed by atoms with van der Waals surface area (Å²) in [6.07, 6.45) is 15.4. The number of ether oxygens (including phenoxy) is 1. The molecular weight excluding hydrogens is 308 g/mol. The first kappa shape index (κ1) is 15.2. The number of rotatable bonds is 1. The molecule has 3 saturated carbocycles. The predicted octanol–water partition coefficient (Wildman–Crippen LogP) is 4.84. The highest BCUT2D eigenvalue weighted by atomic mass is 16.5. The lowest BCUT2D eigenvalue weighted by atomic mass is 9.49. The van der Waals surface area contributed by atoms with Crippen LogP contribution < -0.4 is 0 Å². The van der Waals surface area contributed by atoms with Gasteiger partial charge >= 0.3 is 0 Å². The van der Waals surface area contributed by atoms with E-state index >= 15 is 0 Å². The van der Waals surface area contributed by atoms with Gasteiger partial charge in [-0.15, -0.1) is 0 Å². The summed E-state index contributed by atoms with van der Waals surface area (Å²) >= 11 is 0. The fourth-order valence-corrected chi connectivity index (χ4v) is 8.54. The molecule has 134 valence electrons. The summed E-state index contributed by atoms with van der Waals surface area (Å²) in [7, 11) is 0. The van der Waals surface area contributed by atoms with Crippen LogP contribution in [0.1, 0.15) is 64.7 Å². The number of allylic oxidation sites excluding steroid dienone is 2. The Morgan fingerprint density at radius 1 is 1.20 bits per heavy atom. The van der Waals surface area contributed by atoms with E-state index in [4.69, 9.17) is 4.74 Å². The molecule has 0 saturated heterocycles. The zero-order valence-electron chi connectivity index (χ0n) is 15.4. The first-order valence-electron chi connectivity index (χ1n) is 10.7. The van der Waals surface area contributed by atoms with Crippen LogP contribution in [0.15, 0.2) is 23.3 Å². The fourth-order valence-electron chi connectivity index (χ4n) is 8.54. The Kier molecular flexibility index (Phi) is 2.97. The molecule has 25 heavy (non-hydrogen) atoms. The summed E-state index contributed by atoms with van der Waals surface area (Å²) in [4.78, 5) is 11.9. The number of carbonyl (C=O) groups excluding carboxylic acids is 1. The van der Waals surface area contributed by atoms with Crippen molar-refractivity contribution in [1.82, 2.24) is 0 Å². The number of hydrogen-bond acceptors (Lipinski definition) is 2. The van der Waals surface area contributed by atoms with Crippen molar-refractivity contribution in [3.05, 3.63) is 23.3 Å². The minimum absolute atomic E-state index is 0.0826. The molecule has 0 aromatic heterocycles. The van der Waals surface area contributed by atoms with E-state index in [-0.39, 0.29) is 5.60 Å². The molecule has 0 aromatic rings. The van der Waals surface area contributed by atoms with Gasteiger partial charge in [0, 0.05) is 18.3 Å². The SMILES string of the molecule is CC[C@]12CCC3C4=C(CCC3C1C1CC1[C@@]21C=CCO1)CC(=O)CC4. The van der Waals surface area contributed by atoms with Crippen molar-refractivity contribution in [2.24, 2.45) is 35.0 Å². The van der Waals surface area contributed by atoms with Gasteiger partial charge in [0.05, 0.1) is 12.2 Å². The molecule has 1 heterocycles. The molecular formula is C23H30O2. The van der Waals surface area contributed by atoms with E-state index in [9.17, 15) is 4.79 Å². The van der Waals surface area contributed by atoms with Crippen molar-refractivity contribution in [1.29, 1.82) is 0 Å². The van der Waals surface area contributed by atoms with Crippen molar-refractivity contribution in [3.8, 4) is 0 Å². The van der Waals surface area contributed by atoms with Gasteiger partial charge < -0.3 is 4.74 Å². The van der Waals surface area contributed by atoms with E-state index in [0.717, 1.165) is 55.5 Å². The van der Waals surface area contributed by atoms with Crippen molar-refractivity contribution >= 4 is 5.78 Å². The molecule has 6 rings (SSSR count). The van der Waals surface area contributed by atoms with Crippen molar-refractivity contribution in [2.45, 2.75) is 70.3 Å². The average Bonchev–Trinajstić information content (AvgIpc) is 3.20. The number of ketones is 1. The monoisotopic (exact) mass is 338 g/mol. The largest absolute Gasteiger partial charge is 0.366 e. The molecule has 2 nitrogen and oxygen atoms in total. The molecule has 2 heteroatoms. The summed E-state index contributed by atoms with van der Waals surface area (Å²) in [6, 6.07) is 0. The highest BCUT2D eigenvalue weighted by Crippen LogP contribution is 2.78. The smallest absolute Gasteiger partial charge is 0.137 e. The van der Waals surface area contributed by atoms with Crippen molar-refractivity contribution in [2.75, 3.05) is 6.61 Å². The molecule has 0 N–H and O–H groups in total. The second-order valence-electron chi connectivity index (χ2n) is 9.74. The van der Waals surface area contributed by atoms with Crippen LogP contribution >= 0.6 is 0 Å². The average molecular weight is 338 g/mol. The summed E-state index contributed by atoms with van der Waals surface area (Å²) in [5.41, 5.74) is 3.77. The Hall–Kier alpha value is -0.890. The quantitative estimate of drug-likeness (QED) is 0.639. The highest BCUT2D eigenvalue weighted by Gasteiger charge is 2.77. The topological polar surface area (TPSA) is 26.3 Å². The first-order valence-corrected chi connectivity index (χ1v) is 10.7. The number of carbonyl (C=O) groups is 1. The normalized spacial score (nSPS) is 52.8. The summed E-state index contributed by atoms with van der Waals surface area (Å²) in [5, 5.41) is 0. The van der Waals surface area contributed by atoms with Crippen LogP contribution in [-0.4, -0.2) is 18.0 Å². The summed E-state index contributed by atoms with van der Waals surface area (Å²) in [6.45, 7) is 3.27. The molecule has 6 aliphatic rings. The Balaban J connectivity index is 1.41. The molecule has 5 aliphatic carbocycles. The van der Waals surface area contributed by atoms with Crippen LogP contribution in [0.3, 0.4) is 0 Å². The minimum atomic E-state index is 0.0826. The van der Waals surface area contributed by atoms with Gasteiger partial charge in [0.25, 0.3) is 0 Å². The van der Waals surface area contributed by atoms with Gasteiger partial charge in [-0.3, -0.25) is 4.79 Å². The molecule has 7 atom stereocenters. The summed E-state index contributed by atoms with van der Waals surface area (Å²) < 4.78 is 6.55. The highest BCUT2D eigenvalue weighted by molar-refractivity contribution is 5.82. The third-order valence-electron chi connectivity index (χ3n) is 9.33. The van der Waals surface area contributed by atoms with Crippen LogP contribution in [-0.2, 0) is 9.53 Å². The van der Waals surface area contributed by atoms with E-state index in [2.05, 4.69) is 19.1 Å². The Morgan fingerprint density at radius 3 is 2.92 bits per heavy atom. The van der Waals surface area contributed by atoms with Crippen LogP contribution in [0.5, 0.6) is 0 Å². The molecule has 0 radical (unpaired) electrons. The molecule has 0 aromatic carbocycles. The molecule has 1 spiro atoms. The van der Waals surface area contributed by atoms with E-state index in [0.29, 0.717) is 11.2 Å². The molecule has 0 amide bonds. The standard InChI is InChI=1S/C23H30O2/c1-2-22-10-8-17-16-7-5-15(24)12-14(16)4-6-18(17)21(22)19-13-20(19)23(22)9-3-11-25-23/h3,9,17-21H,2,4-8,10-13H2,1H3/t17?,18?,19?,20?,21?,22-,23-/m0/s1. The minimum Gasteiger partial charge on any atom is -0.366 e. The van der Waals surface area contributed by atoms with Crippen LogP contribution in [0.2, 0.25) is 0 Å². The van der Waals surface area contributed by atoms with E-state index in [1.54, 1.807) is 11.1 Å². The van der Waals surface area contributed by atoms with E-state index < -0.39 is 0 Å². The second-order valence-corrected chi connectivity index (χ2v) is 9.74. The molecule has 5 unspecified atom stereocenters. The van der Waals surface area contributed by atoms with Gasteiger partial charge in [-0.2, -0.15) is 0 Å². The van der Waals surface area contributed by atoms with Gasteiger partial charge in [0.1, 0.15) is 5.78 Å². The van der Waals surface area contributed by atoms with Crippen LogP contribution in [0.4, 0.5) is 0 Å². The first-order chi connectivity index (χ1) is 12.2. The predicted molar refractivity (Wildman–Crippen MR) is 97.0 cm³/mol. The van der Waals surface area contributed by atoms with E-state index in [1.165, 1.54) is 38.5 Å². The summed E-state index contributed by atoms with van der Waals surface area (Å²) in [5.74, 6) is 4.75. The van der Waals surface area contributed by atoms with Gasteiger partial charge in [-0.1, -0.05) is 30.2 Å². The zero-order valence-corrected chi connectivity index (χ0v) is 15.4. The van der Waals surface area contributed by atoms with Gasteiger partial charge in [0.15, 0.2) is 0 Å². The third kappa shape index (κ3) is 1.69. The van der Waals surface area contributed by atoms with Gasteiger partial charge in [-0.05, 0) is 74.5 Å². The lowest BCUT2D eigenvalue weighted by Crippen LogP contribution is -2.55. The van der Waals surface area contributed by atoms with Crippen LogP contribution in [0.25, 0.3) is 0 Å². The Bertz CT molecular complexity index is 703. The second kappa shape index (κ2) is 4.88. The maximum atomic E-state index is 11.9. The van der Waals surface area contributed by atoms with Crippen molar-refractivity contribution in [3.63, 3.8) is 0 Å². The molecule has 0 bridgehead atoms. The Morgan fingerprint density at radius 2 is 2.12 bits per heavy atom. The fraction of sp³-hybridized carbons (Fsp3) is 0.783. The molecule has 1 aliphatic heterocycles. The lowest BCUT2D eigenvalue weighted by Gasteiger charge is -2.57. The number of hydrogen-bond donors (Lipinski definition) is 0. The Labute approximate surface area is 151 Å². The molecule has 3 fully saturated rings. The number of Topliss-reactive ketones (excluding diaryl/α,β-unsaturated/α-hetero) is 1. The third-order valence-corrected chi connectivity index (χ3v) is 9.33. The van der Waals surface area contributed by atoms with Crippen molar-refractivity contribution < 1.29 is 9.53 Å². The van der Waals surface area contributed by atoms with Gasteiger partial charge in [0.2, 0.25) is 0 Å². The van der Waals surface area contributed by atoms with Crippen LogP contribution in [0, 0.1) is 35.0 Å².